The first-order valence-corrected chi connectivity index (χ1v) is 22.6. The number of sulfonamides is 1. The number of aromatic nitrogens is 1. The van der Waals surface area contributed by atoms with Crippen molar-refractivity contribution < 1.29 is 41.8 Å². The summed E-state index contributed by atoms with van der Waals surface area (Å²) in [6, 6.07) is 3.26. The average Bonchev–Trinajstić information content (AvgIpc) is 3.99. The lowest BCUT2D eigenvalue weighted by molar-refractivity contribution is -0.142. The Morgan fingerprint density at radius 3 is 2.55 bits per heavy atom. The maximum atomic E-state index is 14.9. The predicted octanol–water partition coefficient (Wildman–Crippen LogP) is 5.26. The summed E-state index contributed by atoms with van der Waals surface area (Å²) in [7, 11) is -2.34. The number of nitrogens with zero attached hydrogens (tertiary/aromatic N) is 2. The number of carbonyl (C=O) groups is 4. The first kappa shape index (κ1) is 40.4. The van der Waals surface area contributed by atoms with Gasteiger partial charge in [-0.05, 0) is 94.6 Å². The second-order valence-corrected chi connectivity index (χ2v) is 19.1. The second kappa shape index (κ2) is 16.4. The van der Waals surface area contributed by atoms with Crippen molar-refractivity contribution in [3.63, 3.8) is 0 Å². The fraction of sp³-hybridized carbons (Fsp3) is 0.595. The van der Waals surface area contributed by atoms with Crippen molar-refractivity contribution in [2.75, 3.05) is 13.7 Å². The summed E-state index contributed by atoms with van der Waals surface area (Å²) < 4.78 is 46.5. The number of nitrogens with one attached hydrogen (secondary N) is 3. The summed E-state index contributed by atoms with van der Waals surface area (Å²) in [4.78, 5) is 63.1. The zero-order valence-electron chi connectivity index (χ0n) is 32.8. The van der Waals surface area contributed by atoms with E-state index < -0.39 is 68.7 Å². The molecule has 2 aromatic rings. The molecule has 58 heavy (non-hydrogen) atoms. The molecule has 0 radical (unpaired) electrons. The van der Waals surface area contributed by atoms with Gasteiger partial charge in [-0.25, -0.2) is 18.2 Å². The van der Waals surface area contributed by atoms with Crippen LogP contribution in [0, 0.1) is 17.8 Å². The van der Waals surface area contributed by atoms with E-state index in [1.165, 1.54) is 11.0 Å². The highest BCUT2D eigenvalue weighted by molar-refractivity contribution is 7.91. The normalized spacial score (nSPS) is 31.1. The van der Waals surface area contributed by atoms with Gasteiger partial charge in [0, 0.05) is 12.3 Å². The number of hydrogen-bond donors (Lipinski definition) is 3. The van der Waals surface area contributed by atoms with Crippen LogP contribution >= 0.6 is 11.6 Å². The van der Waals surface area contributed by atoms with Crippen LogP contribution in [-0.2, 0) is 35.6 Å². The Balaban J connectivity index is 1.16. The Kier molecular flexibility index (Phi) is 11.4. The topological polar surface area (TPSA) is 182 Å². The molecule has 8 rings (SSSR count). The maximum absolute atomic E-state index is 14.9. The van der Waals surface area contributed by atoms with E-state index in [9.17, 15) is 27.6 Å². The van der Waals surface area contributed by atoms with E-state index in [0.29, 0.717) is 59.3 Å². The quantitative estimate of drug-likeness (QED) is 0.297. The number of methoxy groups -OCH3 is 1. The predicted molar refractivity (Wildman–Crippen MR) is 216 cm³/mol. The fourth-order valence-electron chi connectivity index (χ4n) is 9.58. The second-order valence-electron chi connectivity index (χ2n) is 16.8. The van der Waals surface area contributed by atoms with Gasteiger partial charge in [0.1, 0.15) is 35.6 Å². The van der Waals surface area contributed by atoms with Crippen molar-refractivity contribution in [2.45, 2.75) is 125 Å². The molecule has 4 aliphatic carbocycles. The Hall–Kier alpha value is -4.37. The minimum Gasteiger partial charge on any atom is -0.495 e. The molecular formula is C42H52ClN5O9S. The molecule has 1 saturated heterocycles. The van der Waals surface area contributed by atoms with Gasteiger partial charge in [-0.2, -0.15) is 0 Å². The lowest BCUT2D eigenvalue weighted by Crippen LogP contribution is -2.59. The monoisotopic (exact) mass is 837 g/mol. The van der Waals surface area contributed by atoms with Crippen molar-refractivity contribution in [3.8, 4) is 11.6 Å². The maximum Gasteiger partial charge on any atom is 0.408 e. The molecular weight excluding hydrogens is 786 g/mol. The Morgan fingerprint density at radius 2 is 1.83 bits per heavy atom. The Bertz CT molecular complexity index is 2120. The van der Waals surface area contributed by atoms with Crippen molar-refractivity contribution in [2.24, 2.45) is 17.8 Å². The molecule has 2 aliphatic heterocycles. The largest absolute Gasteiger partial charge is 0.495 e. The summed E-state index contributed by atoms with van der Waals surface area (Å²) in [6.07, 6.45) is 12.9. The van der Waals surface area contributed by atoms with Crippen LogP contribution in [0.4, 0.5) is 4.79 Å². The molecule has 4 saturated carbocycles. The van der Waals surface area contributed by atoms with Crippen LogP contribution in [0.5, 0.6) is 11.6 Å². The van der Waals surface area contributed by atoms with Crippen LogP contribution in [0.15, 0.2) is 43.0 Å². The molecule has 4 amide bonds. The number of hydrogen-bond acceptors (Lipinski definition) is 10. The number of ether oxygens (including phenoxy) is 3. The molecule has 5 fully saturated rings. The van der Waals surface area contributed by atoms with E-state index in [0.717, 1.165) is 44.9 Å². The Morgan fingerprint density at radius 1 is 1.05 bits per heavy atom. The lowest BCUT2D eigenvalue weighted by atomic mass is 9.96. The molecule has 14 nitrogen and oxygen atoms in total. The number of rotatable bonds is 8. The number of pyridine rings is 1. The number of benzene rings is 1. The molecule has 6 aliphatic rings. The standard InChI is InChI=1S/C42H52ClN5O9S/c1-3-26-22-42(26,40(51)47-58(53,54)28-19-20-28)46-37(49)32-21-27-23-48(32)39(50)35(25-12-7-8-13-25)45-41(52)57-33-18-9-14-24(33)11-5-4-6-15-29-36(55-2)34-30(43)16-10-17-31(34)44-38(29)56-27/h3-4,6,10,16-17,24-28,32-33,35H,1,5,7-9,11-15,18-23H2,2H3,(H,45,52)(H,46,49)(H,47,51)/b6-4+/t24-,26-,27-,32+,33-,35+,42-/m1/s1. The highest BCUT2D eigenvalue weighted by atomic mass is 35.5. The van der Waals surface area contributed by atoms with Gasteiger partial charge in [0.15, 0.2) is 0 Å². The van der Waals surface area contributed by atoms with Gasteiger partial charge in [-0.1, -0.05) is 48.7 Å². The van der Waals surface area contributed by atoms with Crippen LogP contribution in [0.25, 0.3) is 10.9 Å². The molecule has 312 valence electrons. The lowest BCUT2D eigenvalue weighted by Gasteiger charge is -2.32. The van der Waals surface area contributed by atoms with Gasteiger partial charge in [0.05, 0.1) is 40.4 Å². The first-order chi connectivity index (χ1) is 27.9. The van der Waals surface area contributed by atoms with Crippen LogP contribution in [0.3, 0.4) is 0 Å². The van der Waals surface area contributed by atoms with Gasteiger partial charge in [0.2, 0.25) is 27.7 Å². The van der Waals surface area contributed by atoms with E-state index in [4.69, 9.17) is 30.8 Å². The third-order valence-corrected chi connectivity index (χ3v) is 15.1. The van der Waals surface area contributed by atoms with Gasteiger partial charge in [-0.15, -0.1) is 6.58 Å². The van der Waals surface area contributed by atoms with E-state index in [2.05, 4.69) is 28.0 Å². The minimum atomic E-state index is -3.91. The van der Waals surface area contributed by atoms with Gasteiger partial charge in [0.25, 0.3) is 5.91 Å². The molecule has 2 bridgehead atoms. The molecule has 1 aromatic heterocycles. The van der Waals surface area contributed by atoms with Gasteiger partial charge in [-0.3, -0.25) is 19.1 Å². The van der Waals surface area contributed by atoms with Crippen LogP contribution in [0.1, 0.15) is 89.0 Å². The summed E-state index contributed by atoms with van der Waals surface area (Å²) in [5.41, 5.74) is -0.356. The van der Waals surface area contributed by atoms with Crippen LogP contribution in [0.2, 0.25) is 5.02 Å². The molecule has 7 atom stereocenters. The first-order valence-electron chi connectivity index (χ1n) is 20.7. The molecule has 3 N–H and O–H groups in total. The van der Waals surface area contributed by atoms with E-state index >= 15 is 0 Å². The number of halogens is 1. The number of amides is 4. The molecule has 3 heterocycles. The number of carbonyl (C=O) groups excluding carboxylic acids is 4. The molecule has 1 aromatic carbocycles. The molecule has 0 spiro atoms. The summed E-state index contributed by atoms with van der Waals surface area (Å²) in [5.74, 6) is -1.68. The summed E-state index contributed by atoms with van der Waals surface area (Å²) >= 11 is 6.70. The zero-order valence-corrected chi connectivity index (χ0v) is 34.3. The third-order valence-electron chi connectivity index (χ3n) is 13.0. The van der Waals surface area contributed by atoms with Gasteiger partial charge >= 0.3 is 6.09 Å². The highest BCUT2D eigenvalue weighted by Gasteiger charge is 2.62. The van der Waals surface area contributed by atoms with E-state index in [-0.39, 0.29) is 43.2 Å². The SMILES string of the molecule is C=C[C@@H]1C[C@]1(NC(=O)[C@@H]1C[C@@H]2CN1C(=O)[C@H](C1CCCC1)NC(=O)O[C@@H]1CCC[C@H]1CC/C=C/Cc1c(nc3cccc(Cl)c3c1OC)O2)C(=O)NS(=O)(=O)C1CC1. The van der Waals surface area contributed by atoms with E-state index in [1.807, 2.05) is 12.1 Å². The zero-order chi connectivity index (χ0) is 40.8. The van der Waals surface area contributed by atoms with E-state index in [1.54, 1.807) is 19.2 Å². The summed E-state index contributed by atoms with van der Waals surface area (Å²) in [6.45, 7) is 3.78. The van der Waals surface area contributed by atoms with Crippen LogP contribution < -0.4 is 24.8 Å². The number of alkyl carbamates (subject to hydrolysis) is 1. The van der Waals surface area contributed by atoms with Crippen molar-refractivity contribution >= 4 is 56.3 Å². The van der Waals surface area contributed by atoms with Crippen molar-refractivity contribution in [1.29, 1.82) is 0 Å². The third kappa shape index (κ3) is 8.00. The fourth-order valence-corrected chi connectivity index (χ4v) is 11.2. The van der Waals surface area contributed by atoms with Gasteiger partial charge < -0.3 is 29.7 Å². The minimum absolute atomic E-state index is 0.0207. The van der Waals surface area contributed by atoms with Crippen molar-refractivity contribution in [3.05, 3.63) is 53.6 Å². The number of fused-ring (bicyclic) bond motifs is 5. The summed E-state index contributed by atoms with van der Waals surface area (Å²) in [5, 5.41) is 6.25. The molecule has 16 heteroatoms. The average molecular weight is 838 g/mol. The molecule has 0 unspecified atom stereocenters. The van der Waals surface area contributed by atoms with Crippen molar-refractivity contribution in [1.82, 2.24) is 25.2 Å². The number of allylic oxidation sites excluding steroid dienone is 2. The van der Waals surface area contributed by atoms with Crippen LogP contribution in [-0.4, -0.2) is 90.9 Å². The smallest absolute Gasteiger partial charge is 0.408 e. The highest BCUT2D eigenvalue weighted by Crippen LogP contribution is 2.46. The Labute approximate surface area is 343 Å².